The fraction of sp³-hybridized carbons (Fsp3) is 0.318. The SMILES string of the molecule is COc1cc(OC)c2[nH]c(C)c(C[NH+]3CCc4ccccc4C3)c(=O)c2c1. The molecule has 0 aliphatic carbocycles. The van der Waals surface area contributed by atoms with Crippen molar-refractivity contribution < 1.29 is 14.4 Å². The summed E-state index contributed by atoms with van der Waals surface area (Å²) in [5.41, 5.74) is 5.35. The lowest BCUT2D eigenvalue weighted by molar-refractivity contribution is -0.929. The molecule has 0 amide bonds. The summed E-state index contributed by atoms with van der Waals surface area (Å²) in [7, 11) is 3.20. The van der Waals surface area contributed by atoms with Crippen molar-refractivity contribution in [2.24, 2.45) is 0 Å². The molecule has 0 fully saturated rings. The molecule has 0 saturated carbocycles. The van der Waals surface area contributed by atoms with E-state index in [2.05, 4.69) is 29.2 Å². The monoisotopic (exact) mass is 365 g/mol. The van der Waals surface area contributed by atoms with E-state index in [0.717, 1.165) is 36.3 Å². The molecule has 27 heavy (non-hydrogen) atoms. The summed E-state index contributed by atoms with van der Waals surface area (Å²) in [5, 5.41) is 0.614. The molecule has 4 rings (SSSR count). The lowest BCUT2D eigenvalue weighted by Crippen LogP contribution is -3.10. The van der Waals surface area contributed by atoms with Crippen LogP contribution in [0.2, 0.25) is 0 Å². The second kappa shape index (κ2) is 7.08. The van der Waals surface area contributed by atoms with E-state index in [9.17, 15) is 4.79 Å². The van der Waals surface area contributed by atoms with Crippen LogP contribution in [-0.2, 0) is 19.5 Å². The van der Waals surface area contributed by atoms with Gasteiger partial charge < -0.3 is 19.4 Å². The number of aromatic nitrogens is 1. The highest BCUT2D eigenvalue weighted by molar-refractivity contribution is 5.86. The average molecular weight is 365 g/mol. The third-order valence-electron chi connectivity index (χ3n) is 5.55. The van der Waals surface area contributed by atoms with Gasteiger partial charge in [-0.3, -0.25) is 4.79 Å². The van der Waals surface area contributed by atoms with Gasteiger partial charge in [-0.2, -0.15) is 0 Å². The molecule has 1 atom stereocenters. The number of ether oxygens (including phenoxy) is 2. The van der Waals surface area contributed by atoms with Gasteiger partial charge in [0, 0.05) is 23.7 Å². The van der Waals surface area contributed by atoms with Crippen LogP contribution in [0.15, 0.2) is 41.2 Å². The highest BCUT2D eigenvalue weighted by Gasteiger charge is 2.22. The molecule has 5 nitrogen and oxygen atoms in total. The molecule has 1 aliphatic rings. The van der Waals surface area contributed by atoms with Crippen LogP contribution in [0.1, 0.15) is 22.4 Å². The normalized spacial score (nSPS) is 16.2. The van der Waals surface area contributed by atoms with Gasteiger partial charge in [-0.25, -0.2) is 0 Å². The first kappa shape index (κ1) is 17.6. The minimum absolute atomic E-state index is 0.0600. The van der Waals surface area contributed by atoms with E-state index in [-0.39, 0.29) is 5.43 Å². The van der Waals surface area contributed by atoms with Crippen molar-refractivity contribution in [1.82, 2.24) is 4.98 Å². The van der Waals surface area contributed by atoms with Gasteiger partial charge in [0.2, 0.25) is 0 Å². The Morgan fingerprint density at radius 1 is 1.11 bits per heavy atom. The van der Waals surface area contributed by atoms with Crippen molar-refractivity contribution >= 4 is 10.9 Å². The fourth-order valence-corrected chi connectivity index (χ4v) is 4.03. The number of fused-ring (bicyclic) bond motifs is 2. The Hall–Kier alpha value is -2.79. The first-order chi connectivity index (χ1) is 13.1. The van der Waals surface area contributed by atoms with Gasteiger partial charge in [0.15, 0.2) is 5.43 Å². The Kier molecular flexibility index (Phi) is 4.62. The predicted molar refractivity (Wildman–Crippen MR) is 106 cm³/mol. The first-order valence-corrected chi connectivity index (χ1v) is 9.28. The third-order valence-corrected chi connectivity index (χ3v) is 5.55. The summed E-state index contributed by atoms with van der Waals surface area (Å²) in [6, 6.07) is 12.2. The van der Waals surface area contributed by atoms with Crippen molar-refractivity contribution in [2.75, 3.05) is 20.8 Å². The van der Waals surface area contributed by atoms with E-state index in [4.69, 9.17) is 9.47 Å². The Balaban J connectivity index is 1.73. The number of aromatic amines is 1. The molecule has 0 saturated heterocycles. The molecule has 5 heteroatoms. The van der Waals surface area contributed by atoms with Gasteiger partial charge in [-0.1, -0.05) is 24.3 Å². The number of benzene rings is 2. The smallest absolute Gasteiger partial charge is 0.198 e. The summed E-state index contributed by atoms with van der Waals surface area (Å²) < 4.78 is 10.8. The van der Waals surface area contributed by atoms with Gasteiger partial charge in [-0.05, 0) is 18.6 Å². The van der Waals surface area contributed by atoms with Gasteiger partial charge in [0.05, 0.1) is 37.2 Å². The zero-order chi connectivity index (χ0) is 19.0. The Morgan fingerprint density at radius 2 is 1.89 bits per heavy atom. The average Bonchev–Trinajstić information content (AvgIpc) is 2.70. The van der Waals surface area contributed by atoms with E-state index < -0.39 is 0 Å². The molecule has 0 bridgehead atoms. The number of nitrogens with one attached hydrogen (secondary N) is 2. The minimum Gasteiger partial charge on any atom is -0.497 e. The van der Waals surface area contributed by atoms with Crippen molar-refractivity contribution in [2.45, 2.75) is 26.4 Å². The second-order valence-electron chi connectivity index (χ2n) is 7.18. The number of methoxy groups -OCH3 is 2. The van der Waals surface area contributed by atoms with Crippen LogP contribution >= 0.6 is 0 Å². The molecular formula is C22H25N2O3+. The molecule has 0 radical (unpaired) electrons. The standard InChI is InChI=1S/C22H24N2O3/c1-14-19(13-24-9-8-15-6-4-5-7-16(15)12-24)22(25)18-10-17(26-2)11-20(27-3)21(18)23-14/h4-7,10-11H,8-9,12-13H2,1-3H3,(H,23,25)/p+1. The molecule has 140 valence electrons. The molecular weight excluding hydrogens is 340 g/mol. The van der Waals surface area contributed by atoms with Crippen LogP contribution < -0.4 is 19.8 Å². The van der Waals surface area contributed by atoms with Crippen molar-refractivity contribution in [3.05, 3.63) is 69.0 Å². The summed E-state index contributed by atoms with van der Waals surface area (Å²) in [6.45, 7) is 4.67. The minimum atomic E-state index is 0.0600. The van der Waals surface area contributed by atoms with Crippen molar-refractivity contribution in [3.8, 4) is 11.5 Å². The van der Waals surface area contributed by atoms with Crippen LogP contribution in [0.3, 0.4) is 0 Å². The summed E-state index contributed by atoms with van der Waals surface area (Å²) in [6.07, 6.45) is 1.05. The zero-order valence-corrected chi connectivity index (χ0v) is 16.0. The number of H-pyrrole nitrogens is 1. The van der Waals surface area contributed by atoms with Gasteiger partial charge in [-0.15, -0.1) is 0 Å². The van der Waals surface area contributed by atoms with E-state index in [1.807, 2.05) is 6.92 Å². The van der Waals surface area contributed by atoms with Crippen LogP contribution in [0.4, 0.5) is 0 Å². The summed E-state index contributed by atoms with van der Waals surface area (Å²) >= 11 is 0. The first-order valence-electron chi connectivity index (χ1n) is 9.28. The molecule has 2 N–H and O–H groups in total. The Bertz CT molecular complexity index is 1060. The van der Waals surface area contributed by atoms with Crippen molar-refractivity contribution in [3.63, 3.8) is 0 Å². The number of quaternary nitrogens is 1. The molecule has 1 aromatic heterocycles. The van der Waals surface area contributed by atoms with Crippen LogP contribution in [0.25, 0.3) is 10.9 Å². The molecule has 1 aliphatic heterocycles. The predicted octanol–water partition coefficient (Wildman–Crippen LogP) is 1.99. The molecule has 2 heterocycles. The van der Waals surface area contributed by atoms with Crippen LogP contribution in [0, 0.1) is 6.92 Å². The quantitative estimate of drug-likeness (QED) is 0.744. The third kappa shape index (κ3) is 3.19. The maximum atomic E-state index is 13.3. The molecule has 0 spiro atoms. The zero-order valence-electron chi connectivity index (χ0n) is 16.0. The maximum Gasteiger partial charge on any atom is 0.198 e. The number of aryl methyl sites for hydroxylation is 1. The Labute approximate surface area is 158 Å². The maximum absolute atomic E-state index is 13.3. The lowest BCUT2D eigenvalue weighted by atomic mass is 9.99. The summed E-state index contributed by atoms with van der Waals surface area (Å²) in [5.74, 6) is 1.24. The lowest BCUT2D eigenvalue weighted by Gasteiger charge is -2.26. The highest BCUT2D eigenvalue weighted by atomic mass is 16.5. The number of pyridine rings is 1. The summed E-state index contributed by atoms with van der Waals surface area (Å²) in [4.78, 5) is 18.1. The molecule has 3 aromatic rings. The van der Waals surface area contributed by atoms with Gasteiger partial charge >= 0.3 is 0 Å². The highest BCUT2D eigenvalue weighted by Crippen LogP contribution is 2.28. The van der Waals surface area contributed by atoms with Crippen LogP contribution in [0.5, 0.6) is 11.5 Å². The second-order valence-corrected chi connectivity index (χ2v) is 7.18. The molecule has 1 unspecified atom stereocenters. The van der Waals surface area contributed by atoms with Crippen molar-refractivity contribution in [1.29, 1.82) is 0 Å². The Morgan fingerprint density at radius 3 is 2.63 bits per heavy atom. The van der Waals surface area contributed by atoms with E-state index in [1.165, 1.54) is 16.0 Å². The number of hydrogen-bond acceptors (Lipinski definition) is 3. The number of rotatable bonds is 4. The van der Waals surface area contributed by atoms with Crippen LogP contribution in [-0.4, -0.2) is 25.7 Å². The van der Waals surface area contributed by atoms with Gasteiger partial charge in [0.1, 0.15) is 24.6 Å². The molecule has 2 aromatic carbocycles. The van der Waals surface area contributed by atoms with E-state index in [0.29, 0.717) is 23.4 Å². The largest absolute Gasteiger partial charge is 0.497 e. The van der Waals surface area contributed by atoms with Gasteiger partial charge in [0.25, 0.3) is 0 Å². The number of hydrogen-bond donors (Lipinski definition) is 2. The van der Waals surface area contributed by atoms with E-state index in [1.54, 1.807) is 26.4 Å². The van der Waals surface area contributed by atoms with E-state index >= 15 is 0 Å². The fourth-order valence-electron chi connectivity index (χ4n) is 4.03. The topological polar surface area (TPSA) is 55.8 Å².